The van der Waals surface area contributed by atoms with Gasteiger partial charge in [0, 0.05) is 37.0 Å². The van der Waals surface area contributed by atoms with E-state index in [1.165, 1.54) is 6.07 Å². The van der Waals surface area contributed by atoms with Crippen molar-refractivity contribution in [3.8, 4) is 22.8 Å². The first-order valence-corrected chi connectivity index (χ1v) is 9.46. The number of rotatable bonds is 7. The maximum Gasteiger partial charge on any atom is 0.252 e. The van der Waals surface area contributed by atoms with Crippen molar-refractivity contribution in [1.82, 2.24) is 34.3 Å². The molecule has 0 aliphatic heterocycles. The molecule has 0 aliphatic carbocycles. The van der Waals surface area contributed by atoms with Gasteiger partial charge in [-0.1, -0.05) is 30.3 Å². The molecule has 0 bridgehead atoms. The van der Waals surface area contributed by atoms with Gasteiger partial charge < -0.3 is 9.88 Å². The first-order valence-electron chi connectivity index (χ1n) is 9.46. The van der Waals surface area contributed by atoms with Gasteiger partial charge in [-0.25, -0.2) is 19.6 Å². The first-order chi connectivity index (χ1) is 14.2. The van der Waals surface area contributed by atoms with Crippen LogP contribution in [0.1, 0.15) is 12.6 Å². The van der Waals surface area contributed by atoms with E-state index in [0.29, 0.717) is 31.3 Å². The molecule has 29 heavy (non-hydrogen) atoms. The monoisotopic (exact) mass is 390 g/mol. The lowest BCUT2D eigenvalue weighted by molar-refractivity contribution is 0.653. The second-order valence-corrected chi connectivity index (χ2v) is 6.56. The normalized spacial score (nSPS) is 11.0. The van der Waals surface area contributed by atoms with E-state index in [-0.39, 0.29) is 5.56 Å². The molecule has 4 rings (SSSR count). The minimum absolute atomic E-state index is 0.175. The summed E-state index contributed by atoms with van der Waals surface area (Å²) >= 11 is 0. The predicted octanol–water partition coefficient (Wildman–Crippen LogP) is 2.33. The van der Waals surface area contributed by atoms with Crippen LogP contribution in [0.15, 0.2) is 53.8 Å². The number of H-pyrrole nitrogens is 1. The highest BCUT2D eigenvalue weighted by atomic mass is 16.1. The van der Waals surface area contributed by atoms with Gasteiger partial charge in [0.2, 0.25) is 5.95 Å². The predicted molar refractivity (Wildman–Crippen MR) is 110 cm³/mol. The molecule has 0 saturated carbocycles. The van der Waals surface area contributed by atoms with E-state index in [2.05, 4.69) is 30.4 Å². The smallest absolute Gasteiger partial charge is 0.252 e. The van der Waals surface area contributed by atoms with Crippen molar-refractivity contribution in [2.45, 2.75) is 26.9 Å². The molecule has 0 saturated heterocycles. The molecule has 1 aromatic carbocycles. The Labute approximate surface area is 167 Å². The highest BCUT2D eigenvalue weighted by Gasteiger charge is 2.19. The number of aromatic amines is 1. The summed E-state index contributed by atoms with van der Waals surface area (Å²) in [6, 6.07) is 11.5. The third kappa shape index (κ3) is 3.93. The molecule has 9 nitrogen and oxygen atoms in total. The Morgan fingerprint density at radius 2 is 2.00 bits per heavy atom. The van der Waals surface area contributed by atoms with Crippen LogP contribution < -0.4 is 10.9 Å². The molecule has 0 amide bonds. The van der Waals surface area contributed by atoms with Crippen LogP contribution in [0.3, 0.4) is 0 Å². The summed E-state index contributed by atoms with van der Waals surface area (Å²) in [5.74, 6) is 1.22. The van der Waals surface area contributed by atoms with Gasteiger partial charge in [-0.15, -0.1) is 0 Å². The van der Waals surface area contributed by atoms with Crippen molar-refractivity contribution in [3.05, 3.63) is 65.1 Å². The zero-order chi connectivity index (χ0) is 20.2. The van der Waals surface area contributed by atoms with Crippen LogP contribution in [-0.2, 0) is 13.1 Å². The van der Waals surface area contributed by atoms with Crippen LogP contribution in [0.2, 0.25) is 0 Å². The van der Waals surface area contributed by atoms with E-state index < -0.39 is 0 Å². The quantitative estimate of drug-likeness (QED) is 0.502. The van der Waals surface area contributed by atoms with Crippen molar-refractivity contribution < 1.29 is 0 Å². The number of aromatic nitrogens is 7. The summed E-state index contributed by atoms with van der Waals surface area (Å²) in [7, 11) is 0. The molecule has 4 aromatic rings. The number of nitrogens with one attached hydrogen (secondary N) is 2. The van der Waals surface area contributed by atoms with Crippen LogP contribution in [0, 0.1) is 6.92 Å². The number of benzene rings is 1. The van der Waals surface area contributed by atoms with Gasteiger partial charge in [0.15, 0.2) is 5.82 Å². The molecule has 3 aromatic heterocycles. The first kappa shape index (κ1) is 18.6. The van der Waals surface area contributed by atoms with Crippen LogP contribution >= 0.6 is 0 Å². The number of hydrogen-bond acceptors (Lipinski definition) is 6. The fourth-order valence-corrected chi connectivity index (χ4v) is 3.23. The fourth-order valence-electron chi connectivity index (χ4n) is 3.23. The molecule has 2 N–H and O–H groups in total. The average molecular weight is 390 g/mol. The maximum atomic E-state index is 11.6. The Morgan fingerprint density at radius 3 is 2.76 bits per heavy atom. The molecule has 0 aliphatic rings. The molecular weight excluding hydrogens is 368 g/mol. The Kier molecular flexibility index (Phi) is 5.19. The van der Waals surface area contributed by atoms with Crippen molar-refractivity contribution >= 4 is 5.95 Å². The maximum absolute atomic E-state index is 11.6. The van der Waals surface area contributed by atoms with Gasteiger partial charge in [0.1, 0.15) is 12.0 Å². The summed E-state index contributed by atoms with van der Waals surface area (Å²) < 4.78 is 3.90. The molecule has 9 heteroatoms. The zero-order valence-electron chi connectivity index (χ0n) is 16.3. The molecule has 0 fully saturated rings. The highest BCUT2D eigenvalue weighted by molar-refractivity contribution is 5.75. The largest absolute Gasteiger partial charge is 0.354 e. The summed E-state index contributed by atoms with van der Waals surface area (Å²) in [5, 5.41) is 7.48. The van der Waals surface area contributed by atoms with E-state index in [0.717, 1.165) is 22.8 Å². The molecule has 0 spiro atoms. The van der Waals surface area contributed by atoms with E-state index in [9.17, 15) is 4.79 Å². The van der Waals surface area contributed by atoms with Gasteiger partial charge in [-0.05, 0) is 13.8 Å². The fraction of sp³-hybridized carbons (Fsp3) is 0.250. The SMILES string of the molecule is CCn1ncnc1-c1c(-c2ccccc2)ncn1CCNc1nc(C)cc(=O)[nH]1. The number of nitrogens with zero attached hydrogens (tertiary/aromatic N) is 6. The van der Waals surface area contributed by atoms with Gasteiger partial charge in [0.05, 0.1) is 12.0 Å². The Morgan fingerprint density at radius 1 is 1.17 bits per heavy atom. The Hall–Kier alpha value is -3.75. The van der Waals surface area contributed by atoms with Crippen molar-refractivity contribution in [3.63, 3.8) is 0 Å². The minimum atomic E-state index is -0.175. The van der Waals surface area contributed by atoms with Gasteiger partial charge in [-0.3, -0.25) is 9.78 Å². The lowest BCUT2D eigenvalue weighted by Crippen LogP contribution is -2.17. The van der Waals surface area contributed by atoms with E-state index in [4.69, 9.17) is 0 Å². The van der Waals surface area contributed by atoms with Gasteiger partial charge in [0.25, 0.3) is 5.56 Å². The number of anilines is 1. The van der Waals surface area contributed by atoms with E-state index >= 15 is 0 Å². The highest BCUT2D eigenvalue weighted by Crippen LogP contribution is 2.29. The molecule has 0 radical (unpaired) electrons. The third-order valence-electron chi connectivity index (χ3n) is 4.53. The Balaban J connectivity index is 1.65. The van der Waals surface area contributed by atoms with Gasteiger partial charge >= 0.3 is 0 Å². The second-order valence-electron chi connectivity index (χ2n) is 6.56. The zero-order valence-corrected chi connectivity index (χ0v) is 16.3. The van der Waals surface area contributed by atoms with Crippen molar-refractivity contribution in [2.75, 3.05) is 11.9 Å². The summed E-state index contributed by atoms with van der Waals surface area (Å²) in [5.41, 5.74) is 3.27. The van der Waals surface area contributed by atoms with E-state index in [1.807, 2.05) is 46.5 Å². The van der Waals surface area contributed by atoms with E-state index in [1.54, 1.807) is 19.6 Å². The van der Waals surface area contributed by atoms with Crippen LogP contribution in [0.5, 0.6) is 0 Å². The molecule has 0 unspecified atom stereocenters. The topological polar surface area (TPSA) is 106 Å². The van der Waals surface area contributed by atoms with Crippen LogP contribution in [-0.4, -0.2) is 40.8 Å². The lowest BCUT2D eigenvalue weighted by atomic mass is 10.1. The number of hydrogen-bond donors (Lipinski definition) is 2. The number of aryl methyl sites for hydroxylation is 2. The standard InChI is InChI=1S/C20H22N8O/c1-3-28-19(22-12-24-28)18-17(15-7-5-4-6-8-15)23-13-27(18)10-9-21-20-25-14(2)11-16(29)26-20/h4-8,11-13H,3,9-10H2,1-2H3,(H2,21,25,26,29). The summed E-state index contributed by atoms with van der Waals surface area (Å²) in [6.45, 7) is 5.70. The van der Waals surface area contributed by atoms with Crippen molar-refractivity contribution in [2.24, 2.45) is 0 Å². The summed E-state index contributed by atoms with van der Waals surface area (Å²) in [6.07, 6.45) is 3.37. The second kappa shape index (κ2) is 8.09. The molecular formula is C20H22N8O. The third-order valence-corrected chi connectivity index (χ3v) is 4.53. The van der Waals surface area contributed by atoms with Crippen LogP contribution in [0.25, 0.3) is 22.8 Å². The Bertz CT molecular complexity index is 1160. The van der Waals surface area contributed by atoms with Gasteiger partial charge in [-0.2, -0.15) is 5.10 Å². The minimum Gasteiger partial charge on any atom is -0.354 e. The van der Waals surface area contributed by atoms with Crippen LogP contribution in [0.4, 0.5) is 5.95 Å². The molecule has 148 valence electrons. The summed E-state index contributed by atoms with van der Waals surface area (Å²) in [4.78, 5) is 27.7. The number of imidazole rings is 1. The molecule has 0 atom stereocenters. The van der Waals surface area contributed by atoms with Crippen molar-refractivity contribution in [1.29, 1.82) is 0 Å². The average Bonchev–Trinajstić information content (AvgIpc) is 3.34. The lowest BCUT2D eigenvalue weighted by Gasteiger charge is -2.11. The molecule has 3 heterocycles.